The first-order valence-electron chi connectivity index (χ1n) is 12.0. The van der Waals surface area contributed by atoms with Crippen LogP contribution in [0.25, 0.3) is 0 Å². The summed E-state index contributed by atoms with van der Waals surface area (Å²) in [6.45, 7) is 2.30. The van der Waals surface area contributed by atoms with Crippen molar-refractivity contribution in [1.82, 2.24) is 0 Å². The van der Waals surface area contributed by atoms with Crippen LogP contribution < -0.4 is 0 Å². The molecule has 0 aromatic heterocycles. The van der Waals surface area contributed by atoms with E-state index in [2.05, 4.69) is 16.2 Å². The summed E-state index contributed by atoms with van der Waals surface area (Å²) >= 11 is 0. The predicted octanol–water partition coefficient (Wildman–Crippen LogP) is 10.00. The van der Waals surface area contributed by atoms with Gasteiger partial charge in [0.25, 0.3) is 0 Å². The molecule has 0 spiro atoms. The Kier molecular flexibility index (Phi) is 24.9. The molecule has 0 fully saturated rings. The van der Waals surface area contributed by atoms with Gasteiger partial charge in [-0.05, 0) is 21.8 Å². The highest BCUT2D eigenvalue weighted by Gasteiger charge is 1.95. The molecule has 0 aliphatic carbocycles. The fraction of sp³-hybridized carbons (Fsp3) is 1.00. The van der Waals surface area contributed by atoms with Gasteiger partial charge in [0, 0.05) is 0 Å². The van der Waals surface area contributed by atoms with Gasteiger partial charge in [0.1, 0.15) is 0 Å². The van der Waals surface area contributed by atoms with Crippen LogP contribution in [-0.2, 0) is 0 Å². The van der Waals surface area contributed by atoms with Crippen LogP contribution in [0.3, 0.4) is 0 Å². The normalized spacial score (nSPS) is 11.3. The number of hydrogen-bond donors (Lipinski definition) is 0. The fourth-order valence-electron chi connectivity index (χ4n) is 3.72. The largest absolute Gasteiger partial charge is 0.0654 e. The molecule has 2 radical (unpaired) electrons. The second kappa shape index (κ2) is 24.4. The Bertz CT molecular complexity index is 192. The van der Waals surface area contributed by atoms with Crippen molar-refractivity contribution in [2.45, 2.75) is 148 Å². The molecule has 0 bridgehead atoms. The summed E-state index contributed by atoms with van der Waals surface area (Å²) < 4.78 is 0. The summed E-state index contributed by atoms with van der Waals surface area (Å²) in [6.07, 6.45) is 33.2. The van der Waals surface area contributed by atoms with Gasteiger partial charge in [-0.2, -0.15) is 0 Å². The first-order chi connectivity index (χ1) is 12.4. The van der Waals surface area contributed by atoms with Crippen LogP contribution in [0.15, 0.2) is 0 Å². The summed E-state index contributed by atoms with van der Waals surface area (Å²) in [7, 11) is 4.26. The van der Waals surface area contributed by atoms with Gasteiger partial charge < -0.3 is 0 Å². The molecule has 0 unspecified atom stereocenters. The molecule has 0 nitrogen and oxygen atoms in total. The lowest BCUT2D eigenvalue weighted by molar-refractivity contribution is 0.520. The SMILES string of the molecule is CCCCCCCCCCCCCCCCCCCCCCCC[P]. The van der Waals surface area contributed by atoms with Gasteiger partial charge >= 0.3 is 0 Å². The highest BCUT2D eigenvalue weighted by atomic mass is 31.0. The quantitative estimate of drug-likeness (QED) is 0.132. The van der Waals surface area contributed by atoms with Crippen molar-refractivity contribution in [3.63, 3.8) is 0 Å². The first kappa shape index (κ1) is 25.4. The lowest BCUT2D eigenvalue weighted by Gasteiger charge is -2.04. The molecule has 0 aromatic carbocycles. The summed E-state index contributed by atoms with van der Waals surface area (Å²) in [5.41, 5.74) is 0. The molecule has 0 N–H and O–H groups in total. The number of rotatable bonds is 22. The summed E-state index contributed by atoms with van der Waals surface area (Å²) in [5.74, 6) is 0. The van der Waals surface area contributed by atoms with E-state index in [9.17, 15) is 0 Å². The molecule has 0 heterocycles. The van der Waals surface area contributed by atoms with E-state index in [0.717, 1.165) is 6.16 Å². The molecular weight excluding hydrogens is 319 g/mol. The molecule has 0 amide bonds. The van der Waals surface area contributed by atoms with Crippen molar-refractivity contribution in [3.05, 3.63) is 0 Å². The van der Waals surface area contributed by atoms with E-state index in [1.165, 1.54) is 141 Å². The average molecular weight is 369 g/mol. The Labute approximate surface area is 163 Å². The Morgan fingerprint density at radius 1 is 0.320 bits per heavy atom. The molecule has 0 aromatic rings. The molecule has 0 aliphatic rings. The molecule has 0 rings (SSSR count). The highest BCUT2D eigenvalue weighted by Crippen LogP contribution is 2.15. The van der Waals surface area contributed by atoms with E-state index in [1.807, 2.05) is 0 Å². The molecule has 150 valence electrons. The van der Waals surface area contributed by atoms with Crippen LogP contribution in [0.5, 0.6) is 0 Å². The predicted molar refractivity (Wildman–Crippen MR) is 119 cm³/mol. The Balaban J connectivity index is 2.94. The van der Waals surface area contributed by atoms with E-state index < -0.39 is 0 Å². The maximum atomic E-state index is 4.26. The van der Waals surface area contributed by atoms with Crippen LogP contribution >= 0.6 is 9.24 Å². The highest BCUT2D eigenvalue weighted by molar-refractivity contribution is 7.16. The summed E-state index contributed by atoms with van der Waals surface area (Å²) in [4.78, 5) is 0. The zero-order chi connectivity index (χ0) is 18.3. The lowest BCUT2D eigenvalue weighted by Crippen LogP contribution is -1.84. The van der Waals surface area contributed by atoms with E-state index in [4.69, 9.17) is 0 Å². The Morgan fingerprint density at radius 2 is 0.520 bits per heavy atom. The Hall–Kier alpha value is 0.430. The van der Waals surface area contributed by atoms with Gasteiger partial charge in [0.05, 0.1) is 0 Å². The van der Waals surface area contributed by atoms with Gasteiger partial charge in [0.15, 0.2) is 0 Å². The van der Waals surface area contributed by atoms with Crippen molar-refractivity contribution >= 4 is 9.24 Å². The minimum Gasteiger partial charge on any atom is -0.0654 e. The second-order valence-electron chi connectivity index (χ2n) is 8.15. The molecule has 1 heteroatoms. The van der Waals surface area contributed by atoms with Gasteiger partial charge in [-0.3, -0.25) is 0 Å². The van der Waals surface area contributed by atoms with Crippen molar-refractivity contribution in [2.24, 2.45) is 0 Å². The van der Waals surface area contributed by atoms with Gasteiger partial charge in [-0.25, -0.2) is 0 Å². The summed E-state index contributed by atoms with van der Waals surface area (Å²) in [6, 6.07) is 0. The number of hydrogen-bond acceptors (Lipinski definition) is 0. The van der Waals surface area contributed by atoms with E-state index in [-0.39, 0.29) is 0 Å². The minimum atomic E-state index is 1.07. The average Bonchev–Trinajstić information content (AvgIpc) is 2.63. The van der Waals surface area contributed by atoms with Gasteiger partial charge in [-0.1, -0.05) is 142 Å². The van der Waals surface area contributed by atoms with E-state index in [1.54, 1.807) is 0 Å². The van der Waals surface area contributed by atoms with Crippen LogP contribution in [0, 0.1) is 0 Å². The molecular formula is C24H49P. The molecule has 0 saturated carbocycles. The first-order valence-corrected chi connectivity index (χ1v) is 12.7. The Morgan fingerprint density at radius 3 is 0.720 bits per heavy atom. The summed E-state index contributed by atoms with van der Waals surface area (Å²) in [5, 5.41) is 0. The molecule has 0 saturated heterocycles. The van der Waals surface area contributed by atoms with Crippen LogP contribution in [-0.4, -0.2) is 6.16 Å². The van der Waals surface area contributed by atoms with Crippen LogP contribution in [0.4, 0.5) is 0 Å². The van der Waals surface area contributed by atoms with Crippen molar-refractivity contribution in [1.29, 1.82) is 0 Å². The van der Waals surface area contributed by atoms with E-state index >= 15 is 0 Å². The third-order valence-corrected chi connectivity index (χ3v) is 5.83. The number of unbranched alkanes of at least 4 members (excludes halogenated alkanes) is 21. The van der Waals surface area contributed by atoms with Crippen LogP contribution in [0.1, 0.15) is 148 Å². The standard InChI is InChI=1S/C24H49P/c1-2-3-4-5-6-7-8-9-10-11-12-13-14-15-16-17-18-19-20-21-22-23-24-25/h2-24H2,1H3. The molecule has 0 atom stereocenters. The van der Waals surface area contributed by atoms with Crippen LogP contribution in [0.2, 0.25) is 0 Å². The maximum absolute atomic E-state index is 4.26. The van der Waals surface area contributed by atoms with Gasteiger partial charge in [-0.15, -0.1) is 0 Å². The van der Waals surface area contributed by atoms with Crippen molar-refractivity contribution in [3.8, 4) is 0 Å². The molecule has 25 heavy (non-hydrogen) atoms. The zero-order valence-electron chi connectivity index (χ0n) is 17.7. The molecule has 0 aliphatic heterocycles. The monoisotopic (exact) mass is 368 g/mol. The van der Waals surface area contributed by atoms with Crippen molar-refractivity contribution < 1.29 is 0 Å². The fourth-order valence-corrected chi connectivity index (χ4v) is 3.94. The van der Waals surface area contributed by atoms with Crippen molar-refractivity contribution in [2.75, 3.05) is 6.16 Å². The smallest absolute Gasteiger partial charge is 0.0242 e. The zero-order valence-corrected chi connectivity index (χ0v) is 18.6. The maximum Gasteiger partial charge on any atom is -0.0242 e. The third-order valence-electron chi connectivity index (χ3n) is 5.51. The van der Waals surface area contributed by atoms with Gasteiger partial charge in [0.2, 0.25) is 0 Å². The third kappa shape index (κ3) is 24.4. The van der Waals surface area contributed by atoms with E-state index in [0.29, 0.717) is 0 Å². The lowest BCUT2D eigenvalue weighted by atomic mass is 10.0. The second-order valence-corrected chi connectivity index (χ2v) is 8.60. The minimum absolute atomic E-state index is 1.07. The topological polar surface area (TPSA) is 0 Å².